The van der Waals surface area contributed by atoms with E-state index in [9.17, 15) is 16.8 Å². The summed E-state index contributed by atoms with van der Waals surface area (Å²) in [6.07, 6.45) is 0.294. The Hall–Kier alpha value is -0.900. The van der Waals surface area contributed by atoms with Crippen molar-refractivity contribution in [2.45, 2.75) is 30.8 Å². The van der Waals surface area contributed by atoms with Crippen LogP contribution in [0, 0.1) is 6.92 Å². The molecule has 2 heterocycles. The molecule has 1 saturated heterocycles. The molecular weight excluding hydrogens is 292 g/mol. The summed E-state index contributed by atoms with van der Waals surface area (Å²) in [6.45, 7) is 1.63. The first-order valence-corrected chi connectivity index (χ1v) is 9.06. The predicted molar refractivity (Wildman–Crippen MR) is 68.7 cm³/mol. The van der Waals surface area contributed by atoms with Crippen molar-refractivity contribution >= 4 is 19.9 Å². The zero-order chi connectivity index (χ0) is 14.3. The van der Waals surface area contributed by atoms with Crippen LogP contribution in [0.2, 0.25) is 0 Å². The number of nitrogens with one attached hydrogen (secondary N) is 1. The highest BCUT2D eigenvalue weighted by molar-refractivity contribution is 7.92. The minimum Gasteiger partial charge on any atom is -0.464 e. The van der Waals surface area contributed by atoms with Crippen molar-refractivity contribution in [1.82, 2.24) is 4.72 Å². The molecule has 7 nitrogen and oxygen atoms in total. The number of sulfone groups is 1. The van der Waals surface area contributed by atoms with Gasteiger partial charge in [-0.05, 0) is 13.3 Å². The fourth-order valence-corrected chi connectivity index (χ4v) is 5.32. The van der Waals surface area contributed by atoms with Crippen molar-refractivity contribution in [2.75, 3.05) is 11.5 Å². The third-order valence-electron chi connectivity index (χ3n) is 2.97. The van der Waals surface area contributed by atoms with E-state index in [4.69, 9.17) is 10.2 Å². The molecule has 1 aromatic heterocycles. The van der Waals surface area contributed by atoms with E-state index in [1.54, 1.807) is 0 Å². The minimum atomic E-state index is -3.78. The lowest BCUT2D eigenvalue weighted by molar-refractivity contribution is 0.478. The monoisotopic (exact) mass is 308 g/mol. The first-order valence-electron chi connectivity index (χ1n) is 5.75. The van der Waals surface area contributed by atoms with Gasteiger partial charge >= 0.3 is 0 Å². The average molecular weight is 308 g/mol. The zero-order valence-electron chi connectivity index (χ0n) is 10.4. The van der Waals surface area contributed by atoms with Gasteiger partial charge in [0, 0.05) is 12.1 Å². The molecule has 9 heteroatoms. The quantitative estimate of drug-likeness (QED) is 0.774. The molecule has 0 aromatic carbocycles. The van der Waals surface area contributed by atoms with Crippen LogP contribution in [-0.4, -0.2) is 34.4 Å². The van der Waals surface area contributed by atoms with Gasteiger partial charge in [-0.15, -0.1) is 0 Å². The highest BCUT2D eigenvalue weighted by Gasteiger charge is 2.32. The van der Waals surface area contributed by atoms with Crippen LogP contribution in [0.25, 0.3) is 0 Å². The number of nitrogens with two attached hydrogens (primary N) is 1. The Labute approximate surface area is 112 Å². The van der Waals surface area contributed by atoms with Crippen LogP contribution in [0.5, 0.6) is 0 Å². The van der Waals surface area contributed by atoms with Crippen molar-refractivity contribution in [1.29, 1.82) is 0 Å². The molecule has 1 aliphatic rings. The normalized spacial score (nSPS) is 22.7. The molecule has 0 amide bonds. The van der Waals surface area contributed by atoms with E-state index >= 15 is 0 Å². The molecule has 0 spiro atoms. The molecule has 108 valence electrons. The van der Waals surface area contributed by atoms with Crippen molar-refractivity contribution in [3.63, 3.8) is 0 Å². The fourth-order valence-electron chi connectivity index (χ4n) is 2.06. The molecule has 2 rings (SSSR count). The second-order valence-corrected chi connectivity index (χ2v) is 8.47. The fraction of sp³-hybridized carbons (Fsp3) is 0.600. The standard InChI is InChI=1S/C10H16N2O5S2/c1-7-10(4-9(5-11)17-7)19(15,16)12-8-2-3-18(13,14)6-8/h4,8,12H,2-3,5-6,11H2,1H3. The number of sulfonamides is 1. The Morgan fingerprint density at radius 2 is 2.21 bits per heavy atom. The Morgan fingerprint density at radius 1 is 1.53 bits per heavy atom. The molecule has 0 aliphatic carbocycles. The predicted octanol–water partition coefficient (Wildman–Crippen LogP) is -0.488. The van der Waals surface area contributed by atoms with Gasteiger partial charge in [-0.25, -0.2) is 21.6 Å². The summed E-state index contributed by atoms with van der Waals surface area (Å²) >= 11 is 0. The third kappa shape index (κ3) is 3.16. The summed E-state index contributed by atoms with van der Waals surface area (Å²) in [7, 11) is -6.91. The summed E-state index contributed by atoms with van der Waals surface area (Å²) in [5.74, 6) is 0.469. The van der Waals surface area contributed by atoms with E-state index in [2.05, 4.69) is 4.72 Å². The molecule has 0 saturated carbocycles. The lowest BCUT2D eigenvalue weighted by Crippen LogP contribution is -2.35. The molecule has 1 atom stereocenters. The SMILES string of the molecule is Cc1oc(CN)cc1S(=O)(=O)NC1CCS(=O)(=O)C1. The summed E-state index contributed by atoms with van der Waals surface area (Å²) in [6, 6.07) is 0.784. The number of rotatable bonds is 4. The van der Waals surface area contributed by atoms with Crippen LogP contribution < -0.4 is 10.5 Å². The smallest absolute Gasteiger partial charge is 0.244 e. The average Bonchev–Trinajstić information content (AvgIpc) is 2.81. The molecular formula is C10H16N2O5S2. The van der Waals surface area contributed by atoms with E-state index in [1.807, 2.05) is 0 Å². The molecule has 1 aromatic rings. The number of furan rings is 1. The topological polar surface area (TPSA) is 119 Å². The number of hydrogen-bond acceptors (Lipinski definition) is 6. The van der Waals surface area contributed by atoms with Gasteiger partial charge in [-0.1, -0.05) is 0 Å². The summed E-state index contributed by atoms with van der Waals surface area (Å²) in [4.78, 5) is 0.0113. The first-order chi connectivity index (χ1) is 8.73. The van der Waals surface area contributed by atoms with Gasteiger partial charge < -0.3 is 10.2 Å². The Kier molecular flexibility index (Phi) is 3.74. The molecule has 19 heavy (non-hydrogen) atoms. The number of aryl methyl sites for hydroxylation is 1. The van der Waals surface area contributed by atoms with Crippen LogP contribution in [-0.2, 0) is 26.4 Å². The van der Waals surface area contributed by atoms with Gasteiger partial charge in [0.25, 0.3) is 0 Å². The summed E-state index contributed by atoms with van der Waals surface area (Å²) in [5, 5.41) is 0. The van der Waals surface area contributed by atoms with Crippen molar-refractivity contribution < 1.29 is 21.3 Å². The zero-order valence-corrected chi connectivity index (χ0v) is 12.1. The van der Waals surface area contributed by atoms with Gasteiger partial charge in [0.1, 0.15) is 16.4 Å². The van der Waals surface area contributed by atoms with Crippen LogP contribution >= 0.6 is 0 Å². The maximum atomic E-state index is 12.1. The van der Waals surface area contributed by atoms with Crippen LogP contribution in [0.3, 0.4) is 0 Å². The number of hydrogen-bond donors (Lipinski definition) is 2. The van der Waals surface area contributed by atoms with Crippen molar-refractivity contribution in [3.8, 4) is 0 Å². The van der Waals surface area contributed by atoms with Crippen LogP contribution in [0.4, 0.5) is 0 Å². The molecule has 3 N–H and O–H groups in total. The van der Waals surface area contributed by atoms with Crippen molar-refractivity contribution in [3.05, 3.63) is 17.6 Å². The Bertz CT molecular complexity index is 675. The molecule has 0 radical (unpaired) electrons. The molecule has 1 unspecified atom stereocenters. The van der Waals surface area contributed by atoms with Gasteiger partial charge in [0.2, 0.25) is 10.0 Å². The van der Waals surface area contributed by atoms with E-state index in [1.165, 1.54) is 13.0 Å². The largest absolute Gasteiger partial charge is 0.464 e. The molecule has 1 fully saturated rings. The van der Waals surface area contributed by atoms with Crippen LogP contribution in [0.15, 0.2) is 15.4 Å². The third-order valence-corrected chi connectivity index (χ3v) is 6.36. The van der Waals surface area contributed by atoms with E-state index in [0.29, 0.717) is 12.2 Å². The van der Waals surface area contributed by atoms with Gasteiger partial charge in [-0.3, -0.25) is 0 Å². The van der Waals surface area contributed by atoms with Gasteiger partial charge in [0.05, 0.1) is 18.1 Å². The minimum absolute atomic E-state index is 0.0113. The summed E-state index contributed by atoms with van der Waals surface area (Å²) in [5.41, 5.74) is 5.39. The lowest BCUT2D eigenvalue weighted by atomic mass is 10.3. The second-order valence-electron chi connectivity index (χ2n) is 4.56. The van der Waals surface area contributed by atoms with Gasteiger partial charge in [0.15, 0.2) is 9.84 Å². The highest BCUT2D eigenvalue weighted by atomic mass is 32.2. The molecule has 0 bridgehead atoms. The van der Waals surface area contributed by atoms with Gasteiger partial charge in [-0.2, -0.15) is 0 Å². The second kappa shape index (κ2) is 4.89. The maximum Gasteiger partial charge on any atom is 0.244 e. The molecule has 1 aliphatic heterocycles. The Balaban J connectivity index is 2.21. The lowest BCUT2D eigenvalue weighted by Gasteiger charge is -2.10. The van der Waals surface area contributed by atoms with Crippen LogP contribution in [0.1, 0.15) is 17.9 Å². The Morgan fingerprint density at radius 3 is 2.68 bits per heavy atom. The summed E-state index contributed by atoms with van der Waals surface area (Å²) < 4.78 is 54.5. The first kappa shape index (κ1) is 14.5. The highest BCUT2D eigenvalue weighted by Crippen LogP contribution is 2.21. The maximum absolute atomic E-state index is 12.1. The van der Waals surface area contributed by atoms with E-state index < -0.39 is 25.9 Å². The van der Waals surface area contributed by atoms with Crippen molar-refractivity contribution in [2.24, 2.45) is 5.73 Å². The van der Waals surface area contributed by atoms with E-state index in [0.717, 1.165) is 0 Å². The van der Waals surface area contributed by atoms with E-state index in [-0.39, 0.29) is 28.7 Å².